The van der Waals surface area contributed by atoms with Gasteiger partial charge in [-0.25, -0.2) is 0 Å². The number of carbonyl (C=O) groups excluding carboxylic acids is 1. The number of hydrogen-bond acceptors (Lipinski definition) is 1. The topological polar surface area (TPSA) is 20.3 Å². The Bertz CT molecular complexity index is 727. The first-order valence-corrected chi connectivity index (χ1v) is 7.18. The smallest absolute Gasteiger partial charge is 0.236 e. The molecular weight excluding hydrogens is 317 g/mol. The molecule has 1 aliphatic heterocycles. The van der Waals surface area contributed by atoms with E-state index in [1.165, 1.54) is 0 Å². The Morgan fingerprint density at radius 2 is 1.85 bits per heavy atom. The molecule has 5 heteroatoms. The van der Waals surface area contributed by atoms with Crippen molar-refractivity contribution in [2.45, 2.75) is 13.3 Å². The summed E-state index contributed by atoms with van der Waals surface area (Å²) in [7, 11) is 0. The molecule has 0 saturated heterocycles. The van der Waals surface area contributed by atoms with Crippen molar-refractivity contribution >= 4 is 52.1 Å². The minimum absolute atomic E-state index is 0.0586. The van der Waals surface area contributed by atoms with Crippen LogP contribution in [0.4, 0.5) is 11.4 Å². The fraction of sp³-hybridized carbons (Fsp3) is 0.133. The summed E-state index contributed by atoms with van der Waals surface area (Å²) in [4.78, 5) is 13.9. The first-order valence-electron chi connectivity index (χ1n) is 6.05. The van der Waals surface area contributed by atoms with Gasteiger partial charge in [0, 0.05) is 5.02 Å². The van der Waals surface area contributed by atoms with Crippen LogP contribution in [0.15, 0.2) is 30.3 Å². The molecule has 0 N–H and O–H groups in total. The predicted octanol–water partition coefficient (Wildman–Crippen LogP) is 5.18. The van der Waals surface area contributed by atoms with Gasteiger partial charge in [0.1, 0.15) is 0 Å². The zero-order valence-corrected chi connectivity index (χ0v) is 12.9. The lowest BCUT2D eigenvalue weighted by atomic mass is 10.1. The number of amides is 1. The minimum atomic E-state index is -0.0586. The van der Waals surface area contributed by atoms with Crippen LogP contribution in [0.1, 0.15) is 11.1 Å². The lowest BCUT2D eigenvalue weighted by molar-refractivity contribution is -0.116. The van der Waals surface area contributed by atoms with Gasteiger partial charge in [-0.05, 0) is 42.3 Å². The number of rotatable bonds is 1. The van der Waals surface area contributed by atoms with Crippen LogP contribution in [-0.4, -0.2) is 5.91 Å². The first kappa shape index (κ1) is 13.7. The quantitative estimate of drug-likeness (QED) is 0.707. The Labute approximate surface area is 131 Å². The number of benzene rings is 2. The van der Waals surface area contributed by atoms with E-state index in [1.54, 1.807) is 23.1 Å². The highest BCUT2D eigenvalue weighted by Gasteiger charge is 2.31. The second-order valence-corrected chi connectivity index (χ2v) is 5.93. The fourth-order valence-electron chi connectivity index (χ4n) is 2.38. The standard InChI is InChI=1S/C15H10Cl3NO/c1-8-2-4-11(17)15(14(8)18)19-12-5-3-10(16)6-9(12)7-13(19)20/h2-6H,7H2,1H3. The summed E-state index contributed by atoms with van der Waals surface area (Å²) in [5.74, 6) is -0.0586. The van der Waals surface area contributed by atoms with Crippen LogP contribution in [0.5, 0.6) is 0 Å². The Morgan fingerprint density at radius 1 is 1.10 bits per heavy atom. The highest BCUT2D eigenvalue weighted by atomic mass is 35.5. The van der Waals surface area contributed by atoms with Gasteiger partial charge in [0.25, 0.3) is 0 Å². The summed E-state index contributed by atoms with van der Waals surface area (Å²) in [5, 5.41) is 1.56. The Kier molecular flexibility index (Phi) is 3.41. The van der Waals surface area contributed by atoms with E-state index in [-0.39, 0.29) is 5.91 Å². The average Bonchev–Trinajstić information content (AvgIpc) is 2.70. The second kappa shape index (κ2) is 4.96. The molecule has 0 spiro atoms. The number of hydrogen-bond donors (Lipinski definition) is 0. The van der Waals surface area contributed by atoms with Crippen LogP contribution in [0.2, 0.25) is 15.1 Å². The molecule has 0 radical (unpaired) electrons. The molecule has 3 rings (SSSR count). The molecule has 20 heavy (non-hydrogen) atoms. The molecule has 0 bridgehead atoms. The molecule has 1 amide bonds. The molecule has 1 heterocycles. The van der Waals surface area contributed by atoms with Gasteiger partial charge in [-0.3, -0.25) is 9.69 Å². The van der Waals surface area contributed by atoms with Crippen LogP contribution < -0.4 is 4.90 Å². The molecular formula is C15H10Cl3NO. The molecule has 0 atom stereocenters. The molecule has 0 aromatic heterocycles. The lowest BCUT2D eigenvalue weighted by Gasteiger charge is -2.21. The molecule has 0 fully saturated rings. The third kappa shape index (κ3) is 2.08. The van der Waals surface area contributed by atoms with Crippen molar-refractivity contribution in [3.05, 3.63) is 56.5 Å². The van der Waals surface area contributed by atoms with E-state index < -0.39 is 0 Å². The monoisotopic (exact) mass is 325 g/mol. The van der Waals surface area contributed by atoms with Crippen molar-refractivity contribution in [2.24, 2.45) is 0 Å². The summed E-state index contributed by atoms with van der Waals surface area (Å²) in [6, 6.07) is 8.95. The number of anilines is 2. The number of fused-ring (bicyclic) bond motifs is 1. The molecule has 2 nitrogen and oxygen atoms in total. The van der Waals surface area contributed by atoms with Crippen molar-refractivity contribution < 1.29 is 4.79 Å². The normalized spacial score (nSPS) is 13.8. The van der Waals surface area contributed by atoms with Crippen molar-refractivity contribution in [3.63, 3.8) is 0 Å². The molecule has 1 aliphatic rings. The third-order valence-corrected chi connectivity index (χ3v) is 4.37. The van der Waals surface area contributed by atoms with E-state index in [0.717, 1.165) is 16.8 Å². The summed E-state index contributed by atoms with van der Waals surface area (Å²) >= 11 is 18.5. The minimum Gasteiger partial charge on any atom is -0.277 e. The molecule has 102 valence electrons. The van der Waals surface area contributed by atoms with E-state index in [4.69, 9.17) is 34.8 Å². The van der Waals surface area contributed by atoms with Crippen LogP contribution >= 0.6 is 34.8 Å². The van der Waals surface area contributed by atoms with Gasteiger partial charge in [-0.1, -0.05) is 40.9 Å². The fourth-order valence-corrected chi connectivity index (χ4v) is 3.12. The molecule has 0 saturated carbocycles. The average molecular weight is 327 g/mol. The zero-order valence-electron chi connectivity index (χ0n) is 10.6. The second-order valence-electron chi connectivity index (χ2n) is 4.71. The first-order chi connectivity index (χ1) is 9.49. The van der Waals surface area contributed by atoms with Crippen LogP contribution in [0, 0.1) is 6.92 Å². The predicted molar refractivity (Wildman–Crippen MR) is 83.5 cm³/mol. The number of halogens is 3. The van der Waals surface area contributed by atoms with Crippen LogP contribution in [0.3, 0.4) is 0 Å². The molecule has 2 aromatic carbocycles. The van der Waals surface area contributed by atoms with Gasteiger partial charge >= 0.3 is 0 Å². The molecule has 0 unspecified atom stereocenters. The molecule has 2 aromatic rings. The number of nitrogens with zero attached hydrogens (tertiary/aromatic N) is 1. The van der Waals surface area contributed by atoms with Gasteiger partial charge in [-0.15, -0.1) is 0 Å². The van der Waals surface area contributed by atoms with E-state index in [1.807, 2.05) is 19.1 Å². The number of carbonyl (C=O) groups is 1. The van der Waals surface area contributed by atoms with Gasteiger partial charge in [0.2, 0.25) is 5.91 Å². The summed E-state index contributed by atoms with van der Waals surface area (Å²) < 4.78 is 0. The van der Waals surface area contributed by atoms with Gasteiger partial charge in [0.15, 0.2) is 0 Å². The van der Waals surface area contributed by atoms with E-state index in [9.17, 15) is 4.79 Å². The van der Waals surface area contributed by atoms with Crippen LogP contribution in [0.25, 0.3) is 0 Å². The number of aryl methyl sites for hydroxylation is 1. The van der Waals surface area contributed by atoms with Gasteiger partial charge in [-0.2, -0.15) is 0 Å². The Morgan fingerprint density at radius 3 is 2.60 bits per heavy atom. The summed E-state index contributed by atoms with van der Waals surface area (Å²) in [6.07, 6.45) is 0.302. The maximum absolute atomic E-state index is 12.3. The van der Waals surface area contributed by atoms with Crippen molar-refractivity contribution in [3.8, 4) is 0 Å². The van der Waals surface area contributed by atoms with Crippen molar-refractivity contribution in [1.29, 1.82) is 0 Å². The van der Waals surface area contributed by atoms with E-state index in [2.05, 4.69) is 0 Å². The van der Waals surface area contributed by atoms with Gasteiger partial charge in [0.05, 0.1) is 27.8 Å². The van der Waals surface area contributed by atoms with Crippen molar-refractivity contribution in [1.82, 2.24) is 0 Å². The highest BCUT2D eigenvalue weighted by molar-refractivity contribution is 6.41. The SMILES string of the molecule is Cc1ccc(Cl)c(N2C(=O)Cc3cc(Cl)ccc32)c1Cl. The van der Waals surface area contributed by atoms with Gasteiger partial charge < -0.3 is 0 Å². The highest BCUT2D eigenvalue weighted by Crippen LogP contribution is 2.44. The largest absolute Gasteiger partial charge is 0.277 e. The van der Waals surface area contributed by atoms with E-state index >= 15 is 0 Å². The zero-order chi connectivity index (χ0) is 14.4. The van der Waals surface area contributed by atoms with E-state index in [0.29, 0.717) is 27.2 Å². The Hall–Kier alpha value is -1.22. The Balaban J connectivity index is 2.22. The third-order valence-electron chi connectivity index (χ3n) is 3.36. The molecule has 0 aliphatic carbocycles. The summed E-state index contributed by atoms with van der Waals surface area (Å²) in [6.45, 7) is 1.88. The maximum atomic E-state index is 12.3. The lowest BCUT2D eigenvalue weighted by Crippen LogP contribution is -2.21. The summed E-state index contributed by atoms with van der Waals surface area (Å²) in [5.41, 5.74) is 3.09. The van der Waals surface area contributed by atoms with Crippen molar-refractivity contribution in [2.75, 3.05) is 4.90 Å². The van der Waals surface area contributed by atoms with Crippen LogP contribution in [-0.2, 0) is 11.2 Å². The maximum Gasteiger partial charge on any atom is 0.236 e.